The van der Waals surface area contributed by atoms with Crippen molar-refractivity contribution in [3.8, 4) is 0 Å². The van der Waals surface area contributed by atoms with Gasteiger partial charge in [0.05, 0.1) is 12.1 Å². The minimum absolute atomic E-state index is 0.166. The lowest BCUT2D eigenvalue weighted by molar-refractivity contribution is 0.0698. The Hall–Kier alpha value is -1.27. The van der Waals surface area contributed by atoms with E-state index < -0.39 is 12.2 Å². The van der Waals surface area contributed by atoms with E-state index in [4.69, 9.17) is 27.9 Å². The first-order valence-corrected chi connectivity index (χ1v) is 10.3. The van der Waals surface area contributed by atoms with Crippen molar-refractivity contribution in [2.45, 2.75) is 43.9 Å². The van der Waals surface area contributed by atoms with Gasteiger partial charge in [-0.25, -0.2) is 4.79 Å². The van der Waals surface area contributed by atoms with Gasteiger partial charge in [0, 0.05) is 20.9 Å². The first-order valence-electron chi connectivity index (χ1n) is 8.74. The van der Waals surface area contributed by atoms with Gasteiger partial charge in [-0.2, -0.15) is 0 Å². The SMILES string of the molecule is O=C1N[C@@H](Cc2cccc(Br)c2)[C@@H](C[C@H](O)CCc2ccc(Cl)cc2Cl)O1. The molecule has 0 unspecified atom stereocenters. The zero-order valence-corrected chi connectivity index (χ0v) is 17.6. The van der Waals surface area contributed by atoms with Gasteiger partial charge in [0.2, 0.25) is 0 Å². The van der Waals surface area contributed by atoms with Crippen LogP contribution in [0.4, 0.5) is 4.79 Å². The normalized spacial score (nSPS) is 20.2. The number of aryl methyl sites for hydroxylation is 1. The Morgan fingerprint density at radius 1 is 1.22 bits per heavy atom. The fourth-order valence-corrected chi connectivity index (χ4v) is 4.19. The van der Waals surface area contributed by atoms with Gasteiger partial charge in [-0.05, 0) is 54.7 Å². The van der Waals surface area contributed by atoms with E-state index in [0.29, 0.717) is 35.7 Å². The number of alkyl carbamates (subject to hydrolysis) is 1. The number of nitrogens with one attached hydrogen (secondary N) is 1. The van der Waals surface area contributed by atoms with Crippen LogP contribution in [0.25, 0.3) is 0 Å². The molecule has 2 aromatic rings. The first-order chi connectivity index (χ1) is 12.9. The highest BCUT2D eigenvalue weighted by Gasteiger charge is 2.35. The third kappa shape index (κ3) is 5.85. The fourth-order valence-electron chi connectivity index (χ4n) is 3.24. The van der Waals surface area contributed by atoms with Crippen LogP contribution in [-0.2, 0) is 17.6 Å². The van der Waals surface area contributed by atoms with Gasteiger partial charge in [0.15, 0.2) is 0 Å². The molecular formula is C20H20BrCl2NO3. The van der Waals surface area contributed by atoms with Crippen molar-refractivity contribution in [3.63, 3.8) is 0 Å². The summed E-state index contributed by atoms with van der Waals surface area (Å²) in [5, 5.41) is 14.5. The quantitative estimate of drug-likeness (QED) is 0.585. The molecule has 0 bridgehead atoms. The van der Waals surface area contributed by atoms with E-state index in [0.717, 1.165) is 15.6 Å². The van der Waals surface area contributed by atoms with Crippen molar-refractivity contribution < 1.29 is 14.6 Å². The van der Waals surface area contributed by atoms with Crippen molar-refractivity contribution in [2.75, 3.05) is 0 Å². The molecule has 1 heterocycles. The molecule has 1 amide bonds. The van der Waals surface area contributed by atoms with Gasteiger partial charge in [0.25, 0.3) is 0 Å². The van der Waals surface area contributed by atoms with Gasteiger partial charge < -0.3 is 15.2 Å². The molecule has 1 aliphatic heterocycles. The van der Waals surface area contributed by atoms with Crippen molar-refractivity contribution in [3.05, 3.63) is 68.1 Å². The molecule has 7 heteroatoms. The minimum atomic E-state index is -0.598. The molecule has 2 N–H and O–H groups in total. The Morgan fingerprint density at radius 2 is 2.04 bits per heavy atom. The van der Waals surface area contributed by atoms with Crippen LogP contribution in [0.1, 0.15) is 24.0 Å². The Bertz CT molecular complexity index is 818. The molecular weight excluding hydrogens is 453 g/mol. The number of ether oxygens (including phenoxy) is 1. The van der Waals surface area contributed by atoms with Crippen LogP contribution in [0.15, 0.2) is 46.9 Å². The van der Waals surface area contributed by atoms with Gasteiger partial charge in [0.1, 0.15) is 6.10 Å². The summed E-state index contributed by atoms with van der Waals surface area (Å²) < 4.78 is 6.36. The number of carbonyl (C=O) groups is 1. The van der Waals surface area contributed by atoms with Crippen LogP contribution in [0.5, 0.6) is 0 Å². The van der Waals surface area contributed by atoms with E-state index in [9.17, 15) is 9.90 Å². The van der Waals surface area contributed by atoms with Crippen LogP contribution in [0, 0.1) is 0 Å². The number of rotatable bonds is 7. The maximum absolute atomic E-state index is 11.7. The van der Waals surface area contributed by atoms with Crippen LogP contribution in [0.3, 0.4) is 0 Å². The van der Waals surface area contributed by atoms with Crippen molar-refractivity contribution in [1.29, 1.82) is 0 Å². The van der Waals surface area contributed by atoms with Crippen LogP contribution in [-0.4, -0.2) is 29.4 Å². The fraction of sp³-hybridized carbons (Fsp3) is 0.350. The van der Waals surface area contributed by atoms with Crippen molar-refractivity contribution in [1.82, 2.24) is 5.32 Å². The topological polar surface area (TPSA) is 58.6 Å². The van der Waals surface area contributed by atoms with E-state index >= 15 is 0 Å². The number of hydrogen-bond acceptors (Lipinski definition) is 3. The molecule has 3 atom stereocenters. The Kier molecular flexibility index (Phi) is 7.04. The maximum atomic E-state index is 11.7. The molecule has 1 saturated heterocycles. The number of cyclic esters (lactones) is 1. The molecule has 27 heavy (non-hydrogen) atoms. The van der Waals surface area contributed by atoms with Gasteiger partial charge in [-0.1, -0.05) is 57.3 Å². The van der Waals surface area contributed by atoms with E-state index in [1.165, 1.54) is 0 Å². The predicted octanol–water partition coefficient (Wildman–Crippen LogP) is 5.16. The number of aliphatic hydroxyl groups is 1. The summed E-state index contributed by atoms with van der Waals surface area (Å²) in [6.07, 6.45) is 0.772. The van der Waals surface area contributed by atoms with Gasteiger partial charge in [-0.3, -0.25) is 0 Å². The number of halogens is 3. The number of amides is 1. The summed E-state index contributed by atoms with van der Waals surface area (Å²) >= 11 is 15.5. The maximum Gasteiger partial charge on any atom is 0.407 e. The molecule has 1 fully saturated rings. The molecule has 3 rings (SSSR count). The molecule has 0 radical (unpaired) electrons. The second-order valence-electron chi connectivity index (χ2n) is 6.69. The predicted molar refractivity (Wildman–Crippen MR) is 110 cm³/mol. The summed E-state index contributed by atoms with van der Waals surface area (Å²) in [6, 6.07) is 13.1. The third-order valence-electron chi connectivity index (χ3n) is 4.62. The van der Waals surface area contributed by atoms with Gasteiger partial charge in [-0.15, -0.1) is 0 Å². The van der Waals surface area contributed by atoms with E-state index in [1.807, 2.05) is 30.3 Å². The number of aliphatic hydroxyl groups excluding tert-OH is 1. The highest BCUT2D eigenvalue weighted by molar-refractivity contribution is 9.10. The minimum Gasteiger partial charge on any atom is -0.444 e. The third-order valence-corrected chi connectivity index (χ3v) is 5.70. The van der Waals surface area contributed by atoms with E-state index in [2.05, 4.69) is 21.2 Å². The number of hydrogen-bond donors (Lipinski definition) is 2. The summed E-state index contributed by atoms with van der Waals surface area (Å²) in [5.41, 5.74) is 2.03. The van der Waals surface area contributed by atoms with E-state index in [1.54, 1.807) is 12.1 Å². The zero-order valence-electron chi connectivity index (χ0n) is 14.5. The first kappa shape index (κ1) is 20.5. The largest absolute Gasteiger partial charge is 0.444 e. The Labute approximate surface area is 176 Å². The highest BCUT2D eigenvalue weighted by atomic mass is 79.9. The molecule has 0 saturated carbocycles. The number of benzene rings is 2. The van der Waals surface area contributed by atoms with E-state index in [-0.39, 0.29) is 12.1 Å². The summed E-state index contributed by atoms with van der Waals surface area (Å²) in [4.78, 5) is 11.7. The smallest absolute Gasteiger partial charge is 0.407 e. The molecule has 2 aromatic carbocycles. The molecule has 4 nitrogen and oxygen atoms in total. The lowest BCUT2D eigenvalue weighted by Gasteiger charge is -2.20. The summed E-state index contributed by atoms with van der Waals surface area (Å²) in [7, 11) is 0. The van der Waals surface area contributed by atoms with Crippen LogP contribution < -0.4 is 5.32 Å². The Morgan fingerprint density at radius 3 is 2.78 bits per heavy atom. The van der Waals surface area contributed by atoms with Crippen LogP contribution >= 0.6 is 39.1 Å². The van der Waals surface area contributed by atoms with Crippen molar-refractivity contribution >= 4 is 45.2 Å². The van der Waals surface area contributed by atoms with Gasteiger partial charge >= 0.3 is 6.09 Å². The zero-order chi connectivity index (χ0) is 19.4. The lowest BCUT2D eigenvalue weighted by atomic mass is 9.96. The molecule has 1 aliphatic rings. The average molecular weight is 473 g/mol. The highest BCUT2D eigenvalue weighted by Crippen LogP contribution is 2.25. The second-order valence-corrected chi connectivity index (χ2v) is 8.45. The standard InChI is InChI=1S/C20H20BrCl2NO3/c21-14-3-1-2-12(8-14)9-18-19(27-20(26)24-18)11-16(25)7-5-13-4-6-15(22)10-17(13)23/h1-4,6,8,10,16,18-19,25H,5,7,9,11H2,(H,24,26)/t16-,18+,19-/m1/s1. The summed E-state index contributed by atoms with van der Waals surface area (Å²) in [6.45, 7) is 0. The van der Waals surface area contributed by atoms with Crippen molar-refractivity contribution in [2.24, 2.45) is 0 Å². The Balaban J connectivity index is 1.56. The second kappa shape index (κ2) is 9.28. The molecule has 0 aromatic heterocycles. The average Bonchev–Trinajstić information content (AvgIpc) is 2.93. The molecule has 144 valence electrons. The number of carbonyl (C=O) groups excluding carboxylic acids is 1. The molecule has 0 aliphatic carbocycles. The monoisotopic (exact) mass is 471 g/mol. The lowest BCUT2D eigenvalue weighted by Crippen LogP contribution is -2.35. The summed E-state index contributed by atoms with van der Waals surface area (Å²) in [5.74, 6) is 0. The molecule has 0 spiro atoms. The van der Waals surface area contributed by atoms with Crippen LogP contribution in [0.2, 0.25) is 10.0 Å².